The lowest BCUT2D eigenvalue weighted by atomic mass is 9.37. The number of hydrogen-bond acceptors (Lipinski definition) is 8. The Morgan fingerprint density at radius 2 is 1.38 bits per heavy atom. The van der Waals surface area contributed by atoms with Gasteiger partial charge in [0.05, 0.1) is 17.3 Å². The van der Waals surface area contributed by atoms with Gasteiger partial charge in [0.1, 0.15) is 18.3 Å². The second kappa shape index (κ2) is 9.70. The van der Waals surface area contributed by atoms with E-state index < -0.39 is 16.6 Å². The first-order valence-electron chi connectivity index (χ1n) is 17.5. The van der Waals surface area contributed by atoms with Crippen LogP contribution in [0, 0.1) is 44.3 Å². The number of esters is 3. The standard InChI is InChI=1S/C37H58O8/c1-21(38)42-24-19-33(9)25-18-28(44-23(3)40)35(11)30(4,5)26(43-22(2)39)13-15-37(35)20-36(25,37)17-16-32(33,8)29(24)34(10)14-12-27(45-34)31(6,7)41/h24-29,41H,12-20H2,1-11H3/t24-,25-,26-,27-,28-,29-,32+,33-,34-,35-,36-,37+/m0/s1. The third-order valence-corrected chi connectivity index (χ3v) is 15.7. The van der Waals surface area contributed by atoms with Gasteiger partial charge in [-0.2, -0.15) is 0 Å². The Kier molecular flexibility index (Phi) is 7.17. The van der Waals surface area contributed by atoms with E-state index in [2.05, 4.69) is 41.5 Å². The van der Waals surface area contributed by atoms with Crippen molar-refractivity contribution < 1.29 is 38.4 Å². The number of aliphatic hydroxyl groups is 1. The van der Waals surface area contributed by atoms with Gasteiger partial charge in [-0.25, -0.2) is 0 Å². The van der Waals surface area contributed by atoms with Crippen LogP contribution in [0.2, 0.25) is 0 Å². The van der Waals surface area contributed by atoms with Gasteiger partial charge in [0.15, 0.2) is 0 Å². The van der Waals surface area contributed by atoms with E-state index in [9.17, 15) is 19.5 Å². The highest BCUT2D eigenvalue weighted by Gasteiger charge is 2.89. The summed E-state index contributed by atoms with van der Waals surface area (Å²) in [5, 5.41) is 10.9. The number of carbonyl (C=O) groups is 3. The van der Waals surface area contributed by atoms with Crippen LogP contribution in [0.4, 0.5) is 0 Å². The van der Waals surface area contributed by atoms with E-state index in [0.717, 1.165) is 57.8 Å². The molecule has 0 radical (unpaired) electrons. The maximum atomic E-state index is 12.8. The molecular formula is C37H58O8. The third kappa shape index (κ3) is 4.12. The summed E-state index contributed by atoms with van der Waals surface area (Å²) in [6.45, 7) is 21.9. The van der Waals surface area contributed by atoms with Crippen LogP contribution >= 0.6 is 0 Å². The number of fused-ring (bicyclic) bond motifs is 2. The molecule has 6 aliphatic rings. The second-order valence-corrected chi connectivity index (χ2v) is 18.1. The minimum Gasteiger partial charge on any atom is -0.462 e. The summed E-state index contributed by atoms with van der Waals surface area (Å²) >= 11 is 0. The normalized spacial score (nSPS) is 51.2. The molecule has 0 aromatic rings. The maximum Gasteiger partial charge on any atom is 0.302 e. The number of carbonyl (C=O) groups excluding carboxylic acids is 3. The van der Waals surface area contributed by atoms with Crippen LogP contribution in [0.5, 0.6) is 0 Å². The average Bonchev–Trinajstić information content (AvgIpc) is 3.27. The summed E-state index contributed by atoms with van der Waals surface area (Å²) in [7, 11) is 0. The molecular weight excluding hydrogens is 572 g/mol. The molecule has 0 aromatic carbocycles. The Hall–Kier alpha value is -1.67. The lowest BCUT2D eigenvalue weighted by Gasteiger charge is -2.68. The molecule has 45 heavy (non-hydrogen) atoms. The third-order valence-electron chi connectivity index (χ3n) is 15.7. The lowest BCUT2D eigenvalue weighted by Crippen LogP contribution is -2.67. The topological polar surface area (TPSA) is 108 Å². The van der Waals surface area contributed by atoms with Gasteiger partial charge in [0.25, 0.3) is 0 Å². The van der Waals surface area contributed by atoms with E-state index in [1.165, 1.54) is 20.8 Å². The van der Waals surface area contributed by atoms with Crippen LogP contribution in [-0.4, -0.2) is 58.6 Å². The van der Waals surface area contributed by atoms with Crippen molar-refractivity contribution in [3.8, 4) is 0 Å². The van der Waals surface area contributed by atoms with Gasteiger partial charge in [0.2, 0.25) is 0 Å². The van der Waals surface area contributed by atoms with E-state index in [-0.39, 0.29) is 81.2 Å². The first kappa shape index (κ1) is 33.2. The van der Waals surface area contributed by atoms with E-state index in [4.69, 9.17) is 18.9 Å². The van der Waals surface area contributed by atoms with Gasteiger partial charge in [-0.15, -0.1) is 0 Å². The SMILES string of the molecule is CC(=O)O[C@H]1C[C@@]2(C)[C@@H]3C[C@H](OC(C)=O)[C@@]4(C)C(C)(C)[C@@H](OC(C)=O)CC[C@@]45C[C@@]35CC[C@]2(C)[C@H]1[C@]1(C)CC[C@@H](C(C)(C)O)O1. The molecule has 0 unspecified atom stereocenters. The molecule has 0 amide bonds. The van der Waals surface area contributed by atoms with E-state index in [1.54, 1.807) is 0 Å². The second-order valence-electron chi connectivity index (χ2n) is 18.1. The predicted molar refractivity (Wildman–Crippen MR) is 168 cm³/mol. The van der Waals surface area contributed by atoms with Crippen molar-refractivity contribution in [3.63, 3.8) is 0 Å². The largest absolute Gasteiger partial charge is 0.462 e. The molecule has 254 valence electrons. The van der Waals surface area contributed by atoms with Gasteiger partial charge in [-0.3, -0.25) is 14.4 Å². The van der Waals surface area contributed by atoms with Crippen molar-refractivity contribution in [2.45, 2.75) is 170 Å². The molecule has 8 nitrogen and oxygen atoms in total. The number of rotatable bonds is 5. The minimum atomic E-state index is -0.961. The number of ether oxygens (including phenoxy) is 4. The monoisotopic (exact) mass is 630 g/mol. The highest BCUT2D eigenvalue weighted by atomic mass is 16.6. The van der Waals surface area contributed by atoms with Gasteiger partial charge in [-0.1, -0.05) is 34.6 Å². The van der Waals surface area contributed by atoms with Gasteiger partial charge in [-0.05, 0) is 106 Å². The van der Waals surface area contributed by atoms with Crippen LogP contribution in [0.3, 0.4) is 0 Å². The van der Waals surface area contributed by atoms with Gasteiger partial charge in [0, 0.05) is 37.5 Å². The Morgan fingerprint density at radius 3 is 1.93 bits per heavy atom. The summed E-state index contributed by atoms with van der Waals surface area (Å²) in [5.41, 5.74) is -2.65. The zero-order chi connectivity index (χ0) is 33.4. The van der Waals surface area contributed by atoms with Crippen LogP contribution in [0.1, 0.15) is 134 Å². The maximum absolute atomic E-state index is 12.8. The van der Waals surface area contributed by atoms with Crippen molar-refractivity contribution in [1.29, 1.82) is 0 Å². The Bertz CT molecular complexity index is 1290. The predicted octanol–water partition coefficient (Wildman–Crippen LogP) is 6.54. The molecule has 12 atom stereocenters. The smallest absolute Gasteiger partial charge is 0.302 e. The molecule has 1 saturated heterocycles. The fourth-order valence-corrected chi connectivity index (χ4v) is 13.5. The van der Waals surface area contributed by atoms with E-state index >= 15 is 0 Å². The summed E-state index contributed by atoms with van der Waals surface area (Å²) in [4.78, 5) is 37.7. The highest BCUT2D eigenvalue weighted by molar-refractivity contribution is 5.67. The van der Waals surface area contributed by atoms with Crippen molar-refractivity contribution in [3.05, 3.63) is 0 Å². The molecule has 5 aliphatic carbocycles. The molecule has 1 N–H and O–H groups in total. The Labute approximate surface area is 270 Å². The van der Waals surface area contributed by atoms with Gasteiger partial charge < -0.3 is 24.1 Å². The number of hydrogen-bond donors (Lipinski definition) is 1. The molecule has 6 fully saturated rings. The van der Waals surface area contributed by atoms with E-state index in [1.807, 2.05) is 13.8 Å². The molecule has 0 aromatic heterocycles. The Balaban J connectivity index is 1.44. The lowest BCUT2D eigenvalue weighted by molar-refractivity contribution is -0.258. The first-order chi connectivity index (χ1) is 20.5. The summed E-state index contributed by atoms with van der Waals surface area (Å²) in [5.74, 6) is -0.575. The fraction of sp³-hybridized carbons (Fsp3) is 0.919. The van der Waals surface area contributed by atoms with Crippen molar-refractivity contribution >= 4 is 17.9 Å². The van der Waals surface area contributed by atoms with Crippen LogP contribution in [0.15, 0.2) is 0 Å². The van der Waals surface area contributed by atoms with Crippen molar-refractivity contribution in [2.24, 2.45) is 44.3 Å². The molecule has 5 saturated carbocycles. The minimum absolute atomic E-state index is 0.0325. The fourth-order valence-electron chi connectivity index (χ4n) is 13.5. The molecule has 6 rings (SSSR count). The zero-order valence-corrected chi connectivity index (χ0v) is 29.6. The Morgan fingerprint density at radius 1 is 0.778 bits per heavy atom. The summed E-state index contributed by atoms with van der Waals surface area (Å²) in [6, 6.07) is 0. The van der Waals surface area contributed by atoms with Gasteiger partial charge >= 0.3 is 17.9 Å². The summed E-state index contributed by atoms with van der Waals surface area (Å²) in [6.07, 6.45) is 6.78. The molecule has 1 aliphatic heterocycles. The molecule has 1 heterocycles. The van der Waals surface area contributed by atoms with Crippen molar-refractivity contribution in [1.82, 2.24) is 0 Å². The van der Waals surface area contributed by atoms with Crippen LogP contribution in [-0.2, 0) is 33.3 Å². The zero-order valence-electron chi connectivity index (χ0n) is 29.6. The average molecular weight is 631 g/mol. The van der Waals surface area contributed by atoms with Crippen molar-refractivity contribution in [2.75, 3.05) is 0 Å². The van der Waals surface area contributed by atoms with Crippen LogP contribution in [0.25, 0.3) is 0 Å². The van der Waals surface area contributed by atoms with Crippen LogP contribution < -0.4 is 0 Å². The molecule has 0 bridgehead atoms. The summed E-state index contributed by atoms with van der Waals surface area (Å²) < 4.78 is 25.5. The first-order valence-corrected chi connectivity index (χ1v) is 17.5. The molecule has 2 spiro atoms. The van der Waals surface area contributed by atoms with E-state index in [0.29, 0.717) is 0 Å². The highest BCUT2D eigenvalue weighted by Crippen LogP contribution is 2.92. The quantitative estimate of drug-likeness (QED) is 0.270. The molecule has 8 heteroatoms.